The first-order valence-electron chi connectivity index (χ1n) is 6.24. The highest BCUT2D eigenvalue weighted by molar-refractivity contribution is 6.18. The van der Waals surface area contributed by atoms with Gasteiger partial charge in [0.25, 0.3) is 0 Å². The van der Waals surface area contributed by atoms with Gasteiger partial charge in [0.1, 0.15) is 5.75 Å². The minimum atomic E-state index is 0.524. The summed E-state index contributed by atoms with van der Waals surface area (Å²) < 4.78 is 11.1. The summed E-state index contributed by atoms with van der Waals surface area (Å²) >= 11 is 5.58. The number of rotatable bonds is 4. The van der Waals surface area contributed by atoms with Crippen molar-refractivity contribution in [3.05, 3.63) is 29.8 Å². The zero-order chi connectivity index (χ0) is 12.6. The molecule has 1 fully saturated rings. The molecule has 0 saturated carbocycles. The second-order valence-electron chi connectivity index (χ2n) is 4.31. The summed E-state index contributed by atoms with van der Waals surface area (Å²) in [7, 11) is 0. The third-order valence-corrected chi connectivity index (χ3v) is 2.98. The van der Waals surface area contributed by atoms with Crippen LogP contribution in [-0.2, 0) is 4.74 Å². The number of benzene rings is 1. The molecule has 0 spiro atoms. The maximum Gasteiger partial charge on any atom is 0.120 e. The number of hydrogen-bond acceptors (Lipinski definition) is 2. The molecule has 2 rings (SSSR count). The molecule has 0 aromatic heterocycles. The fourth-order valence-electron chi connectivity index (χ4n) is 1.80. The number of ether oxygens (including phenoxy) is 2. The SMILES string of the molecule is ClCCC#Cc1cccc(OCC2CCOC2)c1. The van der Waals surface area contributed by atoms with Gasteiger partial charge in [0.05, 0.1) is 13.2 Å². The molecule has 0 bridgehead atoms. The van der Waals surface area contributed by atoms with Crippen LogP contribution in [0.1, 0.15) is 18.4 Å². The Morgan fingerprint density at radius 2 is 2.39 bits per heavy atom. The lowest BCUT2D eigenvalue weighted by Gasteiger charge is -2.10. The van der Waals surface area contributed by atoms with Crippen molar-refractivity contribution in [3.63, 3.8) is 0 Å². The summed E-state index contributed by atoms with van der Waals surface area (Å²) in [5.74, 6) is 8.07. The predicted molar refractivity (Wildman–Crippen MR) is 73.1 cm³/mol. The lowest BCUT2D eigenvalue weighted by molar-refractivity contribution is 0.167. The number of halogens is 1. The normalized spacial score (nSPS) is 18.2. The molecule has 96 valence electrons. The Balaban J connectivity index is 1.88. The van der Waals surface area contributed by atoms with Crippen molar-refractivity contribution >= 4 is 11.6 Å². The van der Waals surface area contributed by atoms with E-state index in [2.05, 4.69) is 11.8 Å². The molecular weight excluding hydrogens is 248 g/mol. The van der Waals surface area contributed by atoms with Gasteiger partial charge in [-0.05, 0) is 24.6 Å². The van der Waals surface area contributed by atoms with Crippen LogP contribution in [0, 0.1) is 17.8 Å². The van der Waals surface area contributed by atoms with E-state index in [1.54, 1.807) is 0 Å². The lowest BCUT2D eigenvalue weighted by Crippen LogP contribution is -2.11. The highest BCUT2D eigenvalue weighted by atomic mass is 35.5. The Bertz CT molecular complexity index is 428. The minimum absolute atomic E-state index is 0.524. The summed E-state index contributed by atoms with van der Waals surface area (Å²) in [6, 6.07) is 7.87. The molecule has 2 nitrogen and oxygen atoms in total. The predicted octanol–water partition coefficient (Wildman–Crippen LogP) is 3.08. The third kappa shape index (κ3) is 4.25. The van der Waals surface area contributed by atoms with E-state index < -0.39 is 0 Å². The molecule has 0 radical (unpaired) electrons. The second kappa shape index (κ2) is 7.31. The van der Waals surface area contributed by atoms with Gasteiger partial charge in [0.15, 0.2) is 0 Å². The molecule has 1 saturated heterocycles. The van der Waals surface area contributed by atoms with Crippen LogP contribution in [0.15, 0.2) is 24.3 Å². The Morgan fingerprint density at radius 1 is 1.44 bits per heavy atom. The largest absolute Gasteiger partial charge is 0.493 e. The Morgan fingerprint density at radius 3 is 3.17 bits per heavy atom. The highest BCUT2D eigenvalue weighted by Gasteiger charge is 2.15. The van der Waals surface area contributed by atoms with Crippen LogP contribution in [0.2, 0.25) is 0 Å². The lowest BCUT2D eigenvalue weighted by atomic mass is 10.1. The van der Waals surface area contributed by atoms with Crippen LogP contribution in [0.5, 0.6) is 5.75 Å². The standard InChI is InChI=1S/C15H17ClO2/c16-8-2-1-4-13-5-3-6-15(10-13)18-12-14-7-9-17-11-14/h3,5-6,10,14H,2,7-9,11-12H2. The zero-order valence-electron chi connectivity index (χ0n) is 10.3. The van der Waals surface area contributed by atoms with Gasteiger partial charge in [-0.15, -0.1) is 11.6 Å². The molecule has 18 heavy (non-hydrogen) atoms. The third-order valence-electron chi connectivity index (χ3n) is 2.80. The fraction of sp³-hybridized carbons (Fsp3) is 0.467. The molecule has 1 atom stereocenters. The van der Waals surface area contributed by atoms with Crippen molar-refractivity contribution in [1.29, 1.82) is 0 Å². The van der Waals surface area contributed by atoms with Gasteiger partial charge in [0, 0.05) is 30.4 Å². The van der Waals surface area contributed by atoms with Gasteiger partial charge in [-0.2, -0.15) is 0 Å². The van der Waals surface area contributed by atoms with Crippen molar-refractivity contribution in [1.82, 2.24) is 0 Å². The molecule has 0 N–H and O–H groups in total. The molecular formula is C15H17ClO2. The average Bonchev–Trinajstić information content (AvgIpc) is 2.90. The van der Waals surface area contributed by atoms with Gasteiger partial charge < -0.3 is 9.47 Å². The van der Waals surface area contributed by atoms with Crippen LogP contribution in [-0.4, -0.2) is 25.7 Å². The van der Waals surface area contributed by atoms with Gasteiger partial charge in [-0.1, -0.05) is 17.9 Å². The average molecular weight is 265 g/mol. The fourth-order valence-corrected chi connectivity index (χ4v) is 1.90. The summed E-state index contributed by atoms with van der Waals surface area (Å²) in [5.41, 5.74) is 0.972. The van der Waals surface area contributed by atoms with Crippen molar-refractivity contribution in [3.8, 4) is 17.6 Å². The molecule has 1 aliphatic heterocycles. The Kier molecular flexibility index (Phi) is 5.38. The van der Waals surface area contributed by atoms with E-state index in [-0.39, 0.29) is 0 Å². The maximum absolute atomic E-state index is 5.76. The number of hydrogen-bond donors (Lipinski definition) is 0. The molecule has 3 heteroatoms. The molecule has 1 unspecified atom stereocenters. The Hall–Kier alpha value is -1.17. The van der Waals surface area contributed by atoms with Gasteiger partial charge >= 0.3 is 0 Å². The van der Waals surface area contributed by atoms with E-state index in [1.165, 1.54) is 0 Å². The van der Waals surface area contributed by atoms with Crippen molar-refractivity contribution in [2.75, 3.05) is 25.7 Å². The van der Waals surface area contributed by atoms with Crippen molar-refractivity contribution < 1.29 is 9.47 Å². The molecule has 1 aromatic rings. The van der Waals surface area contributed by atoms with Crippen LogP contribution in [0.3, 0.4) is 0 Å². The summed E-state index contributed by atoms with van der Waals surface area (Å²) in [6.07, 6.45) is 1.81. The minimum Gasteiger partial charge on any atom is -0.493 e. The molecule has 0 aliphatic carbocycles. The quantitative estimate of drug-likeness (QED) is 0.615. The summed E-state index contributed by atoms with van der Waals surface area (Å²) in [4.78, 5) is 0. The van der Waals surface area contributed by atoms with Crippen LogP contribution >= 0.6 is 11.6 Å². The van der Waals surface area contributed by atoms with E-state index >= 15 is 0 Å². The van der Waals surface area contributed by atoms with E-state index in [0.717, 1.165) is 37.6 Å². The zero-order valence-corrected chi connectivity index (χ0v) is 11.1. The molecule has 0 amide bonds. The Labute approximate surface area is 113 Å². The van der Waals surface area contributed by atoms with Crippen LogP contribution in [0.25, 0.3) is 0 Å². The molecule has 1 aromatic carbocycles. The smallest absolute Gasteiger partial charge is 0.120 e. The first-order valence-corrected chi connectivity index (χ1v) is 6.77. The second-order valence-corrected chi connectivity index (χ2v) is 4.69. The van der Waals surface area contributed by atoms with Crippen molar-refractivity contribution in [2.24, 2.45) is 5.92 Å². The maximum atomic E-state index is 5.76. The molecule has 1 aliphatic rings. The van der Waals surface area contributed by atoms with Gasteiger partial charge in [-0.3, -0.25) is 0 Å². The summed E-state index contributed by atoms with van der Waals surface area (Å²) in [6.45, 7) is 2.39. The monoisotopic (exact) mass is 264 g/mol. The van der Waals surface area contributed by atoms with E-state index in [4.69, 9.17) is 21.1 Å². The van der Waals surface area contributed by atoms with E-state index in [1.807, 2.05) is 24.3 Å². The topological polar surface area (TPSA) is 18.5 Å². The van der Waals surface area contributed by atoms with E-state index in [9.17, 15) is 0 Å². The molecule has 1 heterocycles. The van der Waals surface area contributed by atoms with Gasteiger partial charge in [-0.25, -0.2) is 0 Å². The van der Waals surface area contributed by atoms with Crippen molar-refractivity contribution in [2.45, 2.75) is 12.8 Å². The number of alkyl halides is 1. The van der Waals surface area contributed by atoms with Crippen LogP contribution in [0.4, 0.5) is 0 Å². The highest BCUT2D eigenvalue weighted by Crippen LogP contribution is 2.17. The van der Waals surface area contributed by atoms with E-state index in [0.29, 0.717) is 18.2 Å². The summed E-state index contributed by atoms with van der Waals surface area (Å²) in [5, 5.41) is 0. The first-order chi connectivity index (χ1) is 8.88. The van der Waals surface area contributed by atoms with Crippen LogP contribution < -0.4 is 4.74 Å². The van der Waals surface area contributed by atoms with Gasteiger partial charge in [0.2, 0.25) is 0 Å². The first kappa shape index (κ1) is 13.3.